The van der Waals surface area contributed by atoms with Gasteiger partial charge in [0.25, 0.3) is 0 Å². The van der Waals surface area contributed by atoms with Crippen LogP contribution in [-0.2, 0) is 17.4 Å². The van der Waals surface area contributed by atoms with Crippen molar-refractivity contribution in [3.63, 3.8) is 0 Å². The lowest BCUT2D eigenvalue weighted by molar-refractivity contribution is -0.138. The molecule has 0 N–H and O–H groups in total. The molecule has 0 aliphatic rings. The van der Waals surface area contributed by atoms with Crippen molar-refractivity contribution >= 4 is 16.8 Å². The summed E-state index contributed by atoms with van der Waals surface area (Å²) < 4.78 is 49.7. The molecular weight excluding hydrogens is 236 g/mol. The van der Waals surface area contributed by atoms with E-state index in [9.17, 15) is 22.4 Å². The van der Waals surface area contributed by atoms with Gasteiger partial charge in [-0.1, -0.05) is 6.07 Å². The van der Waals surface area contributed by atoms with E-state index in [0.717, 1.165) is 12.1 Å². The van der Waals surface area contributed by atoms with E-state index in [2.05, 4.69) is 0 Å². The Labute approximate surface area is 87.7 Å². The number of carbonyl (C=O) groups is 1. The molecule has 0 aliphatic carbocycles. The lowest BCUT2D eigenvalue weighted by atomic mass is 10.0. The molecule has 0 unspecified atom stereocenters. The Kier molecular flexibility index (Phi) is 3.34. The minimum atomic E-state index is -4.69. The number of benzene rings is 1. The van der Waals surface area contributed by atoms with E-state index in [1.54, 1.807) is 0 Å². The monoisotopic (exact) mass is 240 g/mol. The Balaban J connectivity index is 3.20. The normalized spacial score (nSPS) is 11.5. The third-order valence-corrected chi connectivity index (χ3v) is 1.84. The Hall–Kier alpha value is -1.10. The second-order valence-corrected chi connectivity index (χ2v) is 3.25. The molecule has 0 heterocycles. The fourth-order valence-electron chi connectivity index (χ4n) is 1.12. The zero-order chi connectivity index (χ0) is 11.6. The van der Waals surface area contributed by atoms with Gasteiger partial charge in [-0.15, -0.1) is 0 Å². The van der Waals surface area contributed by atoms with Gasteiger partial charge in [-0.25, -0.2) is 4.39 Å². The van der Waals surface area contributed by atoms with E-state index >= 15 is 0 Å². The molecule has 0 amide bonds. The molecule has 1 nitrogen and oxygen atoms in total. The standard InChI is InChI=1S/C9H5ClF4O/c10-8(15)3-5-1-2-6(11)4-7(5)9(12,13)14/h1-2,4H,3H2. The molecule has 0 aromatic heterocycles. The average molecular weight is 241 g/mol. The molecule has 0 saturated heterocycles. The number of halogens is 5. The summed E-state index contributed by atoms with van der Waals surface area (Å²) in [4.78, 5) is 10.5. The largest absolute Gasteiger partial charge is 0.416 e. The zero-order valence-corrected chi connectivity index (χ0v) is 7.99. The van der Waals surface area contributed by atoms with Crippen molar-refractivity contribution in [2.45, 2.75) is 12.6 Å². The highest BCUT2D eigenvalue weighted by Crippen LogP contribution is 2.32. The Morgan fingerprint density at radius 1 is 1.33 bits per heavy atom. The van der Waals surface area contributed by atoms with E-state index in [1.807, 2.05) is 0 Å². The molecule has 0 fully saturated rings. The van der Waals surface area contributed by atoms with Crippen LogP contribution >= 0.6 is 11.6 Å². The van der Waals surface area contributed by atoms with Gasteiger partial charge in [-0.3, -0.25) is 4.79 Å². The van der Waals surface area contributed by atoms with Crippen LogP contribution in [0, 0.1) is 5.82 Å². The van der Waals surface area contributed by atoms with Crippen LogP contribution in [0.25, 0.3) is 0 Å². The maximum atomic E-state index is 12.6. The lowest BCUT2D eigenvalue weighted by Gasteiger charge is -2.11. The SMILES string of the molecule is O=C(Cl)Cc1ccc(F)cc1C(F)(F)F. The number of hydrogen-bond donors (Lipinski definition) is 0. The van der Waals surface area contributed by atoms with Gasteiger partial charge in [0.15, 0.2) is 0 Å². The molecule has 1 aromatic rings. The minimum absolute atomic E-state index is 0.330. The summed E-state index contributed by atoms with van der Waals surface area (Å²) in [5, 5.41) is -0.924. The number of hydrogen-bond acceptors (Lipinski definition) is 1. The Morgan fingerprint density at radius 2 is 1.93 bits per heavy atom. The number of rotatable bonds is 2. The van der Waals surface area contributed by atoms with Gasteiger partial charge < -0.3 is 0 Å². The molecular formula is C9H5ClF4O. The molecule has 1 rings (SSSR count). The van der Waals surface area contributed by atoms with Crippen LogP contribution in [0.2, 0.25) is 0 Å². The molecule has 0 aliphatic heterocycles. The second kappa shape index (κ2) is 4.18. The van der Waals surface area contributed by atoms with Crippen LogP contribution in [-0.4, -0.2) is 5.24 Å². The van der Waals surface area contributed by atoms with Crippen LogP contribution < -0.4 is 0 Å². The molecule has 1 aromatic carbocycles. The Bertz CT molecular complexity index is 386. The van der Waals surface area contributed by atoms with Gasteiger partial charge in [-0.2, -0.15) is 13.2 Å². The summed E-state index contributed by atoms with van der Waals surface area (Å²) in [6, 6.07) is 2.10. The fraction of sp³-hybridized carbons (Fsp3) is 0.222. The van der Waals surface area contributed by atoms with Gasteiger partial charge in [0.2, 0.25) is 5.24 Å². The van der Waals surface area contributed by atoms with Crippen molar-refractivity contribution in [3.05, 3.63) is 35.1 Å². The van der Waals surface area contributed by atoms with E-state index in [1.165, 1.54) is 0 Å². The Morgan fingerprint density at radius 3 is 2.40 bits per heavy atom. The van der Waals surface area contributed by atoms with E-state index < -0.39 is 29.2 Å². The van der Waals surface area contributed by atoms with Crippen molar-refractivity contribution in [3.8, 4) is 0 Å². The smallest absolute Gasteiger partial charge is 0.281 e. The predicted octanol–water partition coefficient (Wildman–Crippen LogP) is 3.15. The predicted molar refractivity (Wildman–Crippen MR) is 46.0 cm³/mol. The van der Waals surface area contributed by atoms with E-state index in [-0.39, 0.29) is 5.56 Å². The lowest BCUT2D eigenvalue weighted by Crippen LogP contribution is -2.11. The van der Waals surface area contributed by atoms with Crippen LogP contribution in [0.15, 0.2) is 18.2 Å². The molecule has 0 spiro atoms. The van der Waals surface area contributed by atoms with Crippen molar-refractivity contribution in [2.75, 3.05) is 0 Å². The highest BCUT2D eigenvalue weighted by atomic mass is 35.5. The first-order chi connectivity index (χ1) is 6.80. The summed E-state index contributed by atoms with van der Waals surface area (Å²) in [5.74, 6) is -1.01. The maximum Gasteiger partial charge on any atom is 0.416 e. The van der Waals surface area contributed by atoms with Crippen molar-refractivity contribution in [1.29, 1.82) is 0 Å². The average Bonchev–Trinajstić information content (AvgIpc) is 2.05. The molecule has 6 heteroatoms. The molecule has 0 saturated carbocycles. The zero-order valence-electron chi connectivity index (χ0n) is 7.24. The first-order valence-corrected chi connectivity index (χ1v) is 4.22. The van der Waals surface area contributed by atoms with Gasteiger partial charge in [0.1, 0.15) is 5.82 Å². The van der Waals surface area contributed by atoms with Crippen LogP contribution in [0.1, 0.15) is 11.1 Å². The van der Waals surface area contributed by atoms with E-state index in [4.69, 9.17) is 11.6 Å². The molecule has 15 heavy (non-hydrogen) atoms. The van der Waals surface area contributed by atoms with E-state index in [0.29, 0.717) is 6.07 Å². The molecule has 0 atom stereocenters. The quantitative estimate of drug-likeness (QED) is 0.573. The first-order valence-electron chi connectivity index (χ1n) is 3.84. The molecule has 82 valence electrons. The second-order valence-electron chi connectivity index (χ2n) is 2.83. The topological polar surface area (TPSA) is 17.1 Å². The van der Waals surface area contributed by atoms with Gasteiger partial charge >= 0.3 is 6.18 Å². The summed E-state index contributed by atoms with van der Waals surface area (Å²) in [7, 11) is 0. The van der Waals surface area contributed by atoms with Crippen molar-refractivity contribution in [2.24, 2.45) is 0 Å². The van der Waals surface area contributed by atoms with Crippen molar-refractivity contribution < 1.29 is 22.4 Å². The van der Waals surface area contributed by atoms with Crippen LogP contribution in [0.3, 0.4) is 0 Å². The van der Waals surface area contributed by atoms with Gasteiger partial charge in [0, 0.05) is 6.42 Å². The summed E-state index contributed by atoms with van der Waals surface area (Å²) in [5.41, 5.74) is -1.50. The minimum Gasteiger partial charge on any atom is -0.281 e. The third kappa shape index (κ3) is 3.20. The third-order valence-electron chi connectivity index (χ3n) is 1.71. The van der Waals surface area contributed by atoms with Crippen LogP contribution in [0.4, 0.5) is 17.6 Å². The highest BCUT2D eigenvalue weighted by molar-refractivity contribution is 6.63. The van der Waals surface area contributed by atoms with Gasteiger partial charge in [0.05, 0.1) is 5.56 Å². The first kappa shape index (κ1) is 12.0. The molecule has 0 radical (unpaired) electrons. The van der Waals surface area contributed by atoms with Crippen LogP contribution in [0.5, 0.6) is 0 Å². The summed E-state index contributed by atoms with van der Waals surface area (Å²) in [6.07, 6.45) is -5.26. The fourth-order valence-corrected chi connectivity index (χ4v) is 1.26. The highest BCUT2D eigenvalue weighted by Gasteiger charge is 2.33. The van der Waals surface area contributed by atoms with Gasteiger partial charge in [-0.05, 0) is 29.3 Å². The van der Waals surface area contributed by atoms with Crippen molar-refractivity contribution in [1.82, 2.24) is 0 Å². The number of alkyl halides is 3. The number of carbonyl (C=O) groups excluding carboxylic acids is 1. The maximum absolute atomic E-state index is 12.6. The summed E-state index contributed by atoms with van der Waals surface area (Å²) >= 11 is 4.97. The molecule has 0 bridgehead atoms. The summed E-state index contributed by atoms with van der Waals surface area (Å²) in [6.45, 7) is 0.